The SMILES string of the molecule is [C-]#[N+]c1ccc(Cn2c(N3CC[C@@H](F)[C@H](N)C3)nc3c(C)cccc32)nc1. The number of fused-ring (bicyclic) bond motifs is 1. The maximum atomic E-state index is 13.8. The number of rotatable bonds is 3. The lowest BCUT2D eigenvalue weighted by Gasteiger charge is -2.34. The topological polar surface area (TPSA) is 64.3 Å². The number of anilines is 1. The average molecular weight is 364 g/mol. The first kappa shape index (κ1) is 17.4. The van der Waals surface area contributed by atoms with Gasteiger partial charge in [0.2, 0.25) is 11.6 Å². The molecule has 0 saturated carbocycles. The lowest BCUT2D eigenvalue weighted by atomic mass is 10.1. The number of halogens is 1. The van der Waals surface area contributed by atoms with E-state index in [1.165, 1.54) is 0 Å². The normalized spacial score (nSPS) is 20.0. The van der Waals surface area contributed by atoms with Crippen LogP contribution in [0.1, 0.15) is 17.7 Å². The third-order valence-corrected chi connectivity index (χ3v) is 5.07. The molecule has 2 aromatic heterocycles. The molecule has 7 heteroatoms. The fourth-order valence-corrected chi connectivity index (χ4v) is 3.55. The number of nitrogens with two attached hydrogens (primary N) is 1. The lowest BCUT2D eigenvalue weighted by Crippen LogP contribution is -2.50. The van der Waals surface area contributed by atoms with Crippen LogP contribution in [0, 0.1) is 13.5 Å². The first-order chi connectivity index (χ1) is 13.1. The van der Waals surface area contributed by atoms with Crippen LogP contribution in [0.25, 0.3) is 15.9 Å². The van der Waals surface area contributed by atoms with Crippen LogP contribution in [0.2, 0.25) is 0 Å². The number of imidazole rings is 1. The van der Waals surface area contributed by atoms with Crippen molar-refractivity contribution in [1.29, 1.82) is 0 Å². The standard InChI is InChI=1S/C20H21FN6/c1-13-4-3-5-18-19(13)25-20(26-9-8-16(21)17(22)12-26)27(18)11-15-7-6-14(23-2)10-24-15/h3-7,10,16-17H,8-9,11-12,22H2,1H3/t16-,17-/m1/s1. The molecule has 1 aliphatic rings. The molecule has 6 nitrogen and oxygen atoms in total. The van der Waals surface area contributed by atoms with Gasteiger partial charge in [-0.05, 0) is 31.0 Å². The van der Waals surface area contributed by atoms with Crippen molar-refractivity contribution in [2.75, 3.05) is 18.0 Å². The summed E-state index contributed by atoms with van der Waals surface area (Å²) in [6.07, 6.45) is 1.02. The molecule has 0 spiro atoms. The predicted molar refractivity (Wildman–Crippen MR) is 104 cm³/mol. The maximum absolute atomic E-state index is 13.8. The monoisotopic (exact) mass is 364 g/mol. The van der Waals surface area contributed by atoms with Crippen molar-refractivity contribution in [2.45, 2.75) is 32.1 Å². The molecular formula is C20H21FN6. The van der Waals surface area contributed by atoms with E-state index in [9.17, 15) is 4.39 Å². The van der Waals surface area contributed by atoms with Gasteiger partial charge in [-0.1, -0.05) is 18.2 Å². The highest BCUT2D eigenvalue weighted by molar-refractivity contribution is 5.82. The molecule has 0 bridgehead atoms. The second-order valence-corrected chi connectivity index (χ2v) is 6.97. The minimum Gasteiger partial charge on any atom is -0.340 e. The smallest absolute Gasteiger partial charge is 0.206 e. The van der Waals surface area contributed by atoms with Crippen molar-refractivity contribution in [3.63, 3.8) is 0 Å². The van der Waals surface area contributed by atoms with Crippen molar-refractivity contribution in [2.24, 2.45) is 5.73 Å². The fraction of sp³-hybridized carbons (Fsp3) is 0.350. The molecule has 4 rings (SSSR count). The molecule has 2 atom stereocenters. The van der Waals surface area contributed by atoms with E-state index in [0.717, 1.165) is 28.2 Å². The molecule has 3 aromatic rings. The Morgan fingerprint density at radius 3 is 2.89 bits per heavy atom. The molecular weight excluding hydrogens is 343 g/mol. The second-order valence-electron chi connectivity index (χ2n) is 6.97. The highest BCUT2D eigenvalue weighted by atomic mass is 19.1. The molecule has 0 unspecified atom stereocenters. The molecule has 0 radical (unpaired) electrons. The van der Waals surface area contributed by atoms with Crippen molar-refractivity contribution < 1.29 is 4.39 Å². The van der Waals surface area contributed by atoms with Gasteiger partial charge in [-0.3, -0.25) is 4.98 Å². The molecule has 27 heavy (non-hydrogen) atoms. The number of hydrogen-bond acceptors (Lipinski definition) is 4. The molecule has 1 fully saturated rings. The quantitative estimate of drug-likeness (QED) is 0.725. The van der Waals surface area contributed by atoms with Crippen LogP contribution in [0.5, 0.6) is 0 Å². The summed E-state index contributed by atoms with van der Waals surface area (Å²) in [5, 5.41) is 0. The van der Waals surface area contributed by atoms with Gasteiger partial charge in [0.25, 0.3) is 0 Å². The van der Waals surface area contributed by atoms with Gasteiger partial charge in [0, 0.05) is 19.3 Å². The zero-order valence-corrected chi connectivity index (χ0v) is 15.1. The Hall–Kier alpha value is -2.98. The minimum absolute atomic E-state index is 0.404. The highest BCUT2D eigenvalue weighted by Crippen LogP contribution is 2.28. The Kier molecular flexibility index (Phi) is 4.50. The number of benzene rings is 1. The molecule has 1 aromatic carbocycles. The second kappa shape index (κ2) is 6.97. The summed E-state index contributed by atoms with van der Waals surface area (Å²) in [6, 6.07) is 9.20. The van der Waals surface area contributed by atoms with E-state index in [2.05, 4.69) is 19.3 Å². The first-order valence-corrected chi connectivity index (χ1v) is 8.99. The Morgan fingerprint density at radius 2 is 2.19 bits per heavy atom. The molecule has 1 saturated heterocycles. The number of nitrogens with zero attached hydrogens (tertiary/aromatic N) is 5. The van der Waals surface area contributed by atoms with Gasteiger partial charge >= 0.3 is 0 Å². The Bertz CT molecular complexity index is 1000. The van der Waals surface area contributed by atoms with Crippen LogP contribution in [0.4, 0.5) is 16.0 Å². The van der Waals surface area contributed by atoms with E-state index in [4.69, 9.17) is 17.3 Å². The van der Waals surface area contributed by atoms with Crippen molar-refractivity contribution >= 4 is 22.7 Å². The summed E-state index contributed by atoms with van der Waals surface area (Å²) in [5.74, 6) is 0.790. The number of alkyl halides is 1. The highest BCUT2D eigenvalue weighted by Gasteiger charge is 2.29. The Morgan fingerprint density at radius 1 is 1.33 bits per heavy atom. The van der Waals surface area contributed by atoms with E-state index in [-0.39, 0.29) is 0 Å². The molecule has 3 heterocycles. The number of pyridine rings is 1. The van der Waals surface area contributed by atoms with Crippen LogP contribution in [0.15, 0.2) is 36.5 Å². The summed E-state index contributed by atoms with van der Waals surface area (Å²) in [7, 11) is 0. The van der Waals surface area contributed by atoms with Gasteiger partial charge in [0.15, 0.2) is 0 Å². The first-order valence-electron chi connectivity index (χ1n) is 8.99. The van der Waals surface area contributed by atoms with Gasteiger partial charge in [0.1, 0.15) is 6.17 Å². The van der Waals surface area contributed by atoms with Crippen LogP contribution in [-0.4, -0.2) is 39.8 Å². The van der Waals surface area contributed by atoms with Gasteiger partial charge in [0.05, 0.1) is 35.9 Å². The molecule has 1 aliphatic heterocycles. The van der Waals surface area contributed by atoms with E-state index >= 15 is 0 Å². The molecule has 0 amide bonds. The van der Waals surface area contributed by atoms with Crippen LogP contribution >= 0.6 is 0 Å². The van der Waals surface area contributed by atoms with Crippen molar-refractivity contribution in [1.82, 2.24) is 14.5 Å². The summed E-state index contributed by atoms with van der Waals surface area (Å²) in [4.78, 5) is 14.7. The van der Waals surface area contributed by atoms with E-state index in [1.807, 2.05) is 31.2 Å². The largest absolute Gasteiger partial charge is 0.340 e. The molecule has 2 N–H and O–H groups in total. The van der Waals surface area contributed by atoms with Gasteiger partial charge in [-0.15, -0.1) is 0 Å². The maximum Gasteiger partial charge on any atom is 0.206 e. The lowest BCUT2D eigenvalue weighted by molar-refractivity contribution is 0.243. The average Bonchev–Trinajstić information content (AvgIpc) is 3.04. The third-order valence-electron chi connectivity index (χ3n) is 5.07. The number of aromatic nitrogens is 3. The molecule has 0 aliphatic carbocycles. The minimum atomic E-state index is -0.969. The number of piperidine rings is 1. The Labute approximate surface area is 157 Å². The zero-order valence-electron chi connectivity index (χ0n) is 15.1. The van der Waals surface area contributed by atoms with Gasteiger partial charge in [-0.2, -0.15) is 0 Å². The summed E-state index contributed by atoms with van der Waals surface area (Å²) in [5.41, 5.74) is 10.4. The van der Waals surface area contributed by atoms with Crippen LogP contribution in [0.3, 0.4) is 0 Å². The van der Waals surface area contributed by atoms with Gasteiger partial charge < -0.3 is 15.2 Å². The summed E-state index contributed by atoms with van der Waals surface area (Å²) in [6.45, 7) is 10.6. The van der Waals surface area contributed by atoms with Crippen LogP contribution in [-0.2, 0) is 6.54 Å². The van der Waals surface area contributed by atoms with E-state index < -0.39 is 12.2 Å². The fourth-order valence-electron chi connectivity index (χ4n) is 3.55. The zero-order chi connectivity index (χ0) is 19.0. The van der Waals surface area contributed by atoms with E-state index in [1.54, 1.807) is 12.3 Å². The number of aryl methyl sites for hydroxylation is 1. The third kappa shape index (κ3) is 3.24. The van der Waals surface area contributed by atoms with Crippen LogP contribution < -0.4 is 10.6 Å². The number of para-hydroxylation sites is 1. The molecule has 138 valence electrons. The van der Waals surface area contributed by atoms with Crippen molar-refractivity contribution in [3.8, 4) is 0 Å². The van der Waals surface area contributed by atoms with Crippen molar-refractivity contribution in [3.05, 3.63) is 59.2 Å². The number of hydrogen-bond donors (Lipinski definition) is 1. The predicted octanol–water partition coefficient (Wildman–Crippen LogP) is 3.21. The summed E-state index contributed by atoms with van der Waals surface area (Å²) < 4.78 is 15.9. The summed E-state index contributed by atoms with van der Waals surface area (Å²) >= 11 is 0. The Balaban J connectivity index is 1.77. The van der Waals surface area contributed by atoms with Gasteiger partial charge in [-0.25, -0.2) is 14.2 Å². The van der Waals surface area contributed by atoms with E-state index in [0.29, 0.717) is 31.7 Å².